The number of thiophene rings is 1. The molecule has 0 unspecified atom stereocenters. The lowest BCUT2D eigenvalue weighted by molar-refractivity contribution is -0.0515. The van der Waals surface area contributed by atoms with Crippen LogP contribution in [0.1, 0.15) is 52.6 Å². The van der Waals surface area contributed by atoms with Gasteiger partial charge in [-0.05, 0) is 80.1 Å². The van der Waals surface area contributed by atoms with Crippen LogP contribution in [0.5, 0.6) is 11.5 Å². The minimum atomic E-state index is -3.61. The van der Waals surface area contributed by atoms with Crippen molar-refractivity contribution < 1.29 is 36.2 Å². The van der Waals surface area contributed by atoms with Crippen LogP contribution in [0.25, 0.3) is 0 Å². The maximum atomic E-state index is 13.5. The van der Waals surface area contributed by atoms with E-state index in [-0.39, 0.29) is 39.4 Å². The van der Waals surface area contributed by atoms with Gasteiger partial charge < -0.3 is 19.1 Å². The van der Waals surface area contributed by atoms with E-state index < -0.39 is 28.7 Å². The minimum Gasteiger partial charge on any atom is -0.489 e. The van der Waals surface area contributed by atoms with Crippen LogP contribution >= 0.6 is 34.5 Å². The first kappa shape index (κ1) is 33.6. The second kappa shape index (κ2) is 14.8. The Morgan fingerprint density at radius 3 is 2.47 bits per heavy atom. The Morgan fingerprint density at radius 1 is 1.11 bits per heavy atom. The summed E-state index contributed by atoms with van der Waals surface area (Å²) >= 11 is 13.8. The predicted octanol–water partition coefficient (Wildman–Crippen LogP) is 6.84. The number of nitrogens with zero attached hydrogens (tertiary/aromatic N) is 3. The van der Waals surface area contributed by atoms with Crippen molar-refractivity contribution in [3.63, 3.8) is 0 Å². The fraction of sp³-hybridized carbons (Fsp3) is 0.467. The Morgan fingerprint density at radius 2 is 1.82 bits per heavy atom. The van der Waals surface area contributed by atoms with Gasteiger partial charge in [-0.1, -0.05) is 29.3 Å². The van der Waals surface area contributed by atoms with Crippen molar-refractivity contribution in [3.05, 3.63) is 68.8 Å². The highest BCUT2D eigenvalue weighted by Gasteiger charge is 2.28. The molecule has 2 aliphatic rings. The van der Waals surface area contributed by atoms with Gasteiger partial charge in [0.15, 0.2) is 11.5 Å². The van der Waals surface area contributed by atoms with Crippen molar-refractivity contribution in [2.45, 2.75) is 44.8 Å². The molecule has 3 aromatic rings. The summed E-state index contributed by atoms with van der Waals surface area (Å²) in [6.45, 7) is -0.0353. The number of halogens is 4. The van der Waals surface area contributed by atoms with Crippen molar-refractivity contribution in [2.24, 2.45) is 5.92 Å². The smallest absolute Gasteiger partial charge is 0.387 e. The monoisotopic (exact) mass is 703 g/mol. The van der Waals surface area contributed by atoms with Crippen molar-refractivity contribution >= 4 is 55.5 Å². The van der Waals surface area contributed by atoms with Gasteiger partial charge in [-0.2, -0.15) is 8.78 Å². The fourth-order valence-electron chi connectivity index (χ4n) is 5.01. The molecule has 1 aliphatic heterocycles. The van der Waals surface area contributed by atoms with Crippen molar-refractivity contribution in [1.29, 1.82) is 0 Å². The highest BCUT2D eigenvalue weighted by Crippen LogP contribution is 2.39. The summed E-state index contributed by atoms with van der Waals surface area (Å²) in [6.07, 6.45) is 7.17. The number of likely N-dealkylation sites (tertiary alicyclic amines) is 1. The van der Waals surface area contributed by atoms with Gasteiger partial charge in [0.25, 0.3) is 0 Å². The molecule has 0 bridgehead atoms. The number of anilines is 1. The van der Waals surface area contributed by atoms with Gasteiger partial charge in [-0.25, -0.2) is 13.2 Å². The number of hydrogen-bond donors (Lipinski definition) is 0. The number of carbonyl (C=O) groups is 1. The lowest BCUT2D eigenvalue weighted by Crippen LogP contribution is -2.36. The third kappa shape index (κ3) is 9.19. The van der Waals surface area contributed by atoms with Crippen LogP contribution in [0, 0.1) is 5.92 Å². The molecule has 2 fully saturated rings. The number of carbonyl (C=O) groups excluding carboxylic acids is 1. The third-order valence-electron chi connectivity index (χ3n) is 7.58. The molecule has 5 rings (SSSR count). The van der Waals surface area contributed by atoms with Crippen LogP contribution < -0.4 is 13.8 Å². The van der Waals surface area contributed by atoms with Crippen LogP contribution in [0.15, 0.2) is 42.7 Å². The molecule has 0 amide bonds. The summed E-state index contributed by atoms with van der Waals surface area (Å²) in [5.74, 6) is -0.421. The summed E-state index contributed by atoms with van der Waals surface area (Å²) in [7, 11) is -3.61. The second-order valence-electron chi connectivity index (χ2n) is 11.0. The zero-order valence-corrected chi connectivity index (χ0v) is 27.6. The van der Waals surface area contributed by atoms with E-state index in [0.29, 0.717) is 35.2 Å². The molecule has 1 saturated heterocycles. The normalized spacial score (nSPS) is 16.1. The van der Waals surface area contributed by atoms with E-state index >= 15 is 0 Å². The molecule has 244 valence electrons. The van der Waals surface area contributed by atoms with Gasteiger partial charge in [-0.3, -0.25) is 9.29 Å². The predicted molar refractivity (Wildman–Crippen MR) is 170 cm³/mol. The van der Waals surface area contributed by atoms with E-state index in [1.807, 2.05) is 0 Å². The Balaban J connectivity index is 1.41. The molecular weight excluding hydrogens is 671 g/mol. The average Bonchev–Trinajstić information content (AvgIpc) is 3.42. The van der Waals surface area contributed by atoms with Crippen molar-refractivity contribution in [2.75, 3.05) is 43.3 Å². The number of hydrogen-bond acceptors (Lipinski definition) is 9. The topological polar surface area (TPSA) is 98.3 Å². The SMILES string of the molecule is CS(=O)(=O)N(CCN1CCCC1)c1ccc(C(=O)O[C@@H](Cc2c(Cl)cncc2Cl)c2ccc(OC(F)F)c(OCC3CC3)c2)s1. The van der Waals surface area contributed by atoms with Gasteiger partial charge in [0.1, 0.15) is 16.0 Å². The van der Waals surface area contributed by atoms with Gasteiger partial charge in [0, 0.05) is 31.9 Å². The summed E-state index contributed by atoms with van der Waals surface area (Å²) in [4.78, 5) is 19.9. The third-order valence-corrected chi connectivity index (χ3v) is 10.6. The van der Waals surface area contributed by atoms with E-state index in [1.165, 1.54) is 41.0 Å². The largest absolute Gasteiger partial charge is 0.489 e. The zero-order chi connectivity index (χ0) is 32.1. The number of alkyl halides is 2. The minimum absolute atomic E-state index is 0.0343. The standard InChI is InChI=1S/C30H33Cl2F2N3O6S2/c1-45(39,40)37(13-12-36-10-2-3-11-36)28-9-8-27(44-28)29(38)42-25(15-21-22(31)16-35-17-23(21)32)20-6-7-24(43-30(33)34)26(14-20)41-18-19-4-5-19/h6-9,14,16-17,19,25,30H,2-5,10-13,15,18H2,1H3/t25-/m0/s1. The summed E-state index contributed by atoms with van der Waals surface area (Å²) in [6, 6.07) is 7.45. The summed E-state index contributed by atoms with van der Waals surface area (Å²) < 4.78 is 69.4. The van der Waals surface area contributed by atoms with Gasteiger partial charge >= 0.3 is 12.6 Å². The Kier molecular flexibility index (Phi) is 11.1. The molecule has 3 heterocycles. The summed E-state index contributed by atoms with van der Waals surface area (Å²) in [5, 5.41) is 0.905. The molecule has 2 aromatic heterocycles. The molecule has 0 radical (unpaired) electrons. The van der Waals surface area contributed by atoms with Gasteiger partial charge in [-0.15, -0.1) is 11.3 Å². The van der Waals surface area contributed by atoms with E-state index in [4.69, 9.17) is 32.7 Å². The Hall–Kier alpha value is -2.71. The average molecular weight is 705 g/mol. The first-order chi connectivity index (χ1) is 21.5. The number of pyridine rings is 1. The van der Waals surface area contributed by atoms with E-state index in [0.717, 1.165) is 56.4 Å². The first-order valence-electron chi connectivity index (χ1n) is 14.5. The molecular formula is C30H33Cl2F2N3O6S2. The highest BCUT2D eigenvalue weighted by molar-refractivity contribution is 7.92. The molecule has 15 heteroatoms. The lowest BCUT2D eigenvalue weighted by atomic mass is 10.0. The van der Waals surface area contributed by atoms with E-state index in [9.17, 15) is 22.0 Å². The van der Waals surface area contributed by atoms with Crippen LogP contribution in [-0.2, 0) is 21.2 Å². The quantitative estimate of drug-likeness (QED) is 0.159. The Bertz CT molecular complexity index is 1580. The number of ether oxygens (including phenoxy) is 3. The molecule has 1 saturated carbocycles. The lowest BCUT2D eigenvalue weighted by Gasteiger charge is -2.24. The molecule has 1 aromatic carbocycles. The number of esters is 1. The van der Waals surface area contributed by atoms with E-state index in [2.05, 4.69) is 14.6 Å². The van der Waals surface area contributed by atoms with Crippen LogP contribution in [0.2, 0.25) is 10.0 Å². The van der Waals surface area contributed by atoms with Crippen LogP contribution in [0.4, 0.5) is 13.8 Å². The van der Waals surface area contributed by atoms with Crippen molar-refractivity contribution in [1.82, 2.24) is 9.88 Å². The molecule has 0 spiro atoms. The maximum absolute atomic E-state index is 13.5. The second-order valence-corrected chi connectivity index (χ2v) is 14.8. The van der Waals surface area contributed by atoms with E-state index in [1.54, 1.807) is 6.07 Å². The Labute approximate surface area is 275 Å². The first-order valence-corrected chi connectivity index (χ1v) is 17.9. The molecule has 1 aliphatic carbocycles. The number of benzene rings is 1. The molecule has 1 atom stereocenters. The number of sulfonamides is 1. The number of rotatable bonds is 15. The molecule has 45 heavy (non-hydrogen) atoms. The van der Waals surface area contributed by atoms with Crippen molar-refractivity contribution in [3.8, 4) is 11.5 Å². The highest BCUT2D eigenvalue weighted by atomic mass is 35.5. The van der Waals surface area contributed by atoms with Gasteiger partial charge in [0.2, 0.25) is 10.0 Å². The van der Waals surface area contributed by atoms with Crippen LogP contribution in [-0.4, -0.2) is 69.9 Å². The maximum Gasteiger partial charge on any atom is 0.387 e. The molecule has 9 nitrogen and oxygen atoms in total. The van der Waals surface area contributed by atoms with Crippen LogP contribution in [0.3, 0.4) is 0 Å². The molecule has 0 N–H and O–H groups in total. The number of aromatic nitrogens is 1. The fourth-order valence-corrected chi connectivity index (χ4v) is 7.67. The summed E-state index contributed by atoms with van der Waals surface area (Å²) in [5.41, 5.74) is 0.899. The van der Waals surface area contributed by atoms with Gasteiger partial charge in [0.05, 0.1) is 22.9 Å². The zero-order valence-electron chi connectivity index (χ0n) is 24.5.